The lowest BCUT2D eigenvalue weighted by molar-refractivity contribution is -0.139. The van der Waals surface area contributed by atoms with Crippen molar-refractivity contribution in [3.05, 3.63) is 36.5 Å². The third-order valence-electron chi connectivity index (χ3n) is 3.33. The number of hydrogen-bond donors (Lipinski definition) is 2. The minimum absolute atomic E-state index is 0.245. The molecule has 19 heavy (non-hydrogen) atoms. The third kappa shape index (κ3) is 2.14. The summed E-state index contributed by atoms with van der Waals surface area (Å²) in [4.78, 5) is 26.9. The van der Waals surface area contributed by atoms with Gasteiger partial charge in [0.25, 0.3) is 0 Å². The van der Waals surface area contributed by atoms with Crippen molar-refractivity contribution in [3.63, 3.8) is 0 Å². The zero-order chi connectivity index (χ0) is 13.4. The highest BCUT2D eigenvalue weighted by atomic mass is 16.4. The molecule has 1 aliphatic carbocycles. The van der Waals surface area contributed by atoms with Gasteiger partial charge >= 0.3 is 5.97 Å². The molecule has 2 atom stereocenters. The predicted octanol–water partition coefficient (Wildman–Crippen LogP) is 1.89. The molecule has 1 aromatic carbocycles. The quantitative estimate of drug-likeness (QED) is 0.879. The number of aromatic nitrogens is 1. The van der Waals surface area contributed by atoms with E-state index < -0.39 is 17.8 Å². The lowest BCUT2D eigenvalue weighted by Crippen LogP contribution is -2.17. The molecule has 2 aromatic rings. The number of carboxylic acids is 1. The zero-order valence-electron chi connectivity index (χ0n) is 10.0. The first-order chi connectivity index (χ1) is 9.16. The lowest BCUT2D eigenvalue weighted by atomic mass is 10.2. The van der Waals surface area contributed by atoms with E-state index in [4.69, 9.17) is 5.11 Å². The SMILES string of the molecule is O=C(O)C1CC1C(=O)Nc1cccc2cccnc12. The summed E-state index contributed by atoms with van der Waals surface area (Å²) in [5.74, 6) is -2.11. The first-order valence-electron chi connectivity index (χ1n) is 6.04. The standard InChI is InChI=1S/C14H12N2O3/c17-13(9-7-10(9)14(18)19)16-11-5-1-3-8-4-2-6-15-12(8)11/h1-6,9-10H,7H2,(H,16,17)(H,18,19). The number of para-hydroxylation sites is 1. The Morgan fingerprint density at radius 3 is 2.74 bits per heavy atom. The summed E-state index contributed by atoms with van der Waals surface area (Å²) in [6.07, 6.45) is 2.08. The van der Waals surface area contributed by atoms with Gasteiger partial charge in [0, 0.05) is 11.6 Å². The number of hydrogen-bond acceptors (Lipinski definition) is 3. The van der Waals surface area contributed by atoms with E-state index in [1.165, 1.54) is 0 Å². The van der Waals surface area contributed by atoms with Crippen LogP contribution in [0.5, 0.6) is 0 Å². The molecule has 0 saturated heterocycles. The summed E-state index contributed by atoms with van der Waals surface area (Å²) < 4.78 is 0. The molecule has 0 radical (unpaired) electrons. The van der Waals surface area contributed by atoms with E-state index in [1.54, 1.807) is 12.3 Å². The number of carbonyl (C=O) groups excluding carboxylic acids is 1. The highest BCUT2D eigenvalue weighted by molar-refractivity contribution is 6.03. The Hall–Kier alpha value is -2.43. The number of anilines is 1. The van der Waals surface area contributed by atoms with Crippen LogP contribution in [0.25, 0.3) is 10.9 Å². The fourth-order valence-corrected chi connectivity index (χ4v) is 2.19. The van der Waals surface area contributed by atoms with Crippen LogP contribution in [0, 0.1) is 11.8 Å². The number of amides is 1. The van der Waals surface area contributed by atoms with Crippen LogP contribution in [-0.2, 0) is 9.59 Å². The van der Waals surface area contributed by atoms with Crippen LogP contribution >= 0.6 is 0 Å². The van der Waals surface area contributed by atoms with Crippen LogP contribution in [0.3, 0.4) is 0 Å². The number of pyridine rings is 1. The maximum absolute atomic E-state index is 11.9. The summed E-state index contributed by atoms with van der Waals surface area (Å²) in [5, 5.41) is 12.5. The van der Waals surface area contributed by atoms with Gasteiger partial charge in [-0.1, -0.05) is 18.2 Å². The molecule has 1 aromatic heterocycles. The molecule has 5 nitrogen and oxygen atoms in total. The average Bonchev–Trinajstić information content (AvgIpc) is 3.19. The van der Waals surface area contributed by atoms with E-state index in [9.17, 15) is 9.59 Å². The summed E-state index contributed by atoms with van der Waals surface area (Å²) >= 11 is 0. The van der Waals surface area contributed by atoms with Crippen molar-refractivity contribution in [2.24, 2.45) is 11.8 Å². The van der Waals surface area contributed by atoms with E-state index >= 15 is 0 Å². The second-order valence-corrected chi connectivity index (χ2v) is 4.66. The molecule has 1 heterocycles. The fraction of sp³-hybridized carbons (Fsp3) is 0.214. The molecule has 96 valence electrons. The Kier molecular flexibility index (Phi) is 2.67. The van der Waals surface area contributed by atoms with Crippen molar-refractivity contribution in [3.8, 4) is 0 Å². The Morgan fingerprint density at radius 2 is 2.00 bits per heavy atom. The molecule has 1 amide bonds. The van der Waals surface area contributed by atoms with Gasteiger partial charge in [-0.2, -0.15) is 0 Å². The highest BCUT2D eigenvalue weighted by Crippen LogP contribution is 2.39. The van der Waals surface area contributed by atoms with E-state index in [0.29, 0.717) is 17.6 Å². The zero-order valence-corrected chi connectivity index (χ0v) is 10.0. The molecule has 0 aliphatic heterocycles. The van der Waals surface area contributed by atoms with Gasteiger partial charge in [0.05, 0.1) is 23.0 Å². The van der Waals surface area contributed by atoms with Gasteiger partial charge in [-0.15, -0.1) is 0 Å². The topological polar surface area (TPSA) is 79.3 Å². The second-order valence-electron chi connectivity index (χ2n) is 4.66. The molecular weight excluding hydrogens is 244 g/mol. The van der Waals surface area contributed by atoms with Gasteiger partial charge in [0.2, 0.25) is 5.91 Å². The molecular formula is C14H12N2O3. The Balaban J connectivity index is 1.83. The largest absolute Gasteiger partial charge is 0.481 e. The van der Waals surface area contributed by atoms with Gasteiger partial charge in [0.1, 0.15) is 0 Å². The Morgan fingerprint density at radius 1 is 1.21 bits per heavy atom. The average molecular weight is 256 g/mol. The molecule has 3 rings (SSSR count). The van der Waals surface area contributed by atoms with E-state index in [0.717, 1.165) is 5.39 Å². The number of carboxylic acid groups (broad SMARTS) is 1. The van der Waals surface area contributed by atoms with Gasteiger partial charge < -0.3 is 10.4 Å². The van der Waals surface area contributed by atoms with Crippen LogP contribution in [0.1, 0.15) is 6.42 Å². The summed E-state index contributed by atoms with van der Waals surface area (Å²) in [6, 6.07) is 9.26. The number of nitrogens with one attached hydrogen (secondary N) is 1. The molecule has 5 heteroatoms. The normalized spacial score (nSPS) is 21.1. The van der Waals surface area contributed by atoms with Crippen molar-refractivity contribution < 1.29 is 14.7 Å². The first kappa shape index (κ1) is 11.6. The number of rotatable bonds is 3. The van der Waals surface area contributed by atoms with Gasteiger partial charge in [0.15, 0.2) is 0 Å². The number of carbonyl (C=O) groups is 2. The van der Waals surface area contributed by atoms with Crippen molar-refractivity contribution in [1.82, 2.24) is 4.98 Å². The molecule has 2 unspecified atom stereocenters. The minimum atomic E-state index is -0.906. The highest BCUT2D eigenvalue weighted by Gasteiger charge is 2.48. The van der Waals surface area contributed by atoms with Crippen LogP contribution in [-0.4, -0.2) is 22.0 Å². The van der Waals surface area contributed by atoms with Crippen molar-refractivity contribution in [2.45, 2.75) is 6.42 Å². The molecule has 2 N–H and O–H groups in total. The molecule has 1 fully saturated rings. The molecule has 0 spiro atoms. The minimum Gasteiger partial charge on any atom is -0.481 e. The molecule has 0 bridgehead atoms. The van der Waals surface area contributed by atoms with Crippen molar-refractivity contribution >= 4 is 28.5 Å². The van der Waals surface area contributed by atoms with Crippen LogP contribution in [0.4, 0.5) is 5.69 Å². The Bertz CT molecular complexity index is 663. The van der Waals surface area contributed by atoms with Crippen LogP contribution < -0.4 is 5.32 Å². The fourth-order valence-electron chi connectivity index (χ4n) is 2.19. The van der Waals surface area contributed by atoms with E-state index in [2.05, 4.69) is 10.3 Å². The molecule has 1 saturated carbocycles. The number of fused-ring (bicyclic) bond motifs is 1. The third-order valence-corrected chi connectivity index (χ3v) is 3.33. The number of benzene rings is 1. The maximum Gasteiger partial charge on any atom is 0.307 e. The monoisotopic (exact) mass is 256 g/mol. The van der Waals surface area contributed by atoms with Crippen molar-refractivity contribution in [1.29, 1.82) is 0 Å². The van der Waals surface area contributed by atoms with Crippen LogP contribution in [0.2, 0.25) is 0 Å². The number of nitrogens with zero attached hydrogens (tertiary/aromatic N) is 1. The summed E-state index contributed by atoms with van der Waals surface area (Å²) in [6.45, 7) is 0. The number of aliphatic carboxylic acids is 1. The smallest absolute Gasteiger partial charge is 0.307 e. The predicted molar refractivity (Wildman–Crippen MR) is 69.6 cm³/mol. The summed E-state index contributed by atoms with van der Waals surface area (Å²) in [5.41, 5.74) is 1.34. The first-order valence-corrected chi connectivity index (χ1v) is 6.04. The van der Waals surface area contributed by atoms with Gasteiger partial charge in [-0.05, 0) is 18.6 Å². The van der Waals surface area contributed by atoms with Crippen LogP contribution in [0.15, 0.2) is 36.5 Å². The molecule has 1 aliphatic rings. The maximum atomic E-state index is 11.9. The summed E-state index contributed by atoms with van der Waals surface area (Å²) in [7, 11) is 0. The van der Waals surface area contributed by atoms with Gasteiger partial charge in [-0.3, -0.25) is 14.6 Å². The second kappa shape index (κ2) is 4.35. The van der Waals surface area contributed by atoms with Gasteiger partial charge in [-0.25, -0.2) is 0 Å². The van der Waals surface area contributed by atoms with Crippen molar-refractivity contribution in [2.75, 3.05) is 5.32 Å². The van der Waals surface area contributed by atoms with E-state index in [-0.39, 0.29) is 5.91 Å². The van der Waals surface area contributed by atoms with E-state index in [1.807, 2.05) is 24.3 Å². The Labute approximate surface area is 109 Å². The lowest BCUT2D eigenvalue weighted by Gasteiger charge is -2.07.